The van der Waals surface area contributed by atoms with Gasteiger partial charge in [-0.25, -0.2) is 0 Å². The van der Waals surface area contributed by atoms with Crippen LogP contribution in [0.3, 0.4) is 0 Å². The molecule has 1 aliphatic heterocycles. The van der Waals surface area contributed by atoms with E-state index in [4.69, 9.17) is 4.74 Å². The van der Waals surface area contributed by atoms with E-state index < -0.39 is 5.41 Å². The molecule has 184 valence electrons. The van der Waals surface area contributed by atoms with Crippen molar-refractivity contribution in [2.75, 3.05) is 14.2 Å². The summed E-state index contributed by atoms with van der Waals surface area (Å²) in [6.07, 6.45) is 11.5. The maximum absolute atomic E-state index is 12.9. The molecule has 1 heterocycles. The summed E-state index contributed by atoms with van der Waals surface area (Å²) in [7, 11) is 3.36. The molecule has 33 heavy (non-hydrogen) atoms. The van der Waals surface area contributed by atoms with E-state index in [1.165, 1.54) is 13.5 Å². The van der Waals surface area contributed by atoms with Crippen LogP contribution in [-0.4, -0.2) is 48.9 Å². The zero-order chi connectivity index (χ0) is 24.2. The Morgan fingerprint density at radius 3 is 2.58 bits per heavy atom. The van der Waals surface area contributed by atoms with Gasteiger partial charge in [-0.1, -0.05) is 19.9 Å². The summed E-state index contributed by atoms with van der Waals surface area (Å²) in [6.45, 7) is 8.43. The Morgan fingerprint density at radius 2 is 1.88 bits per heavy atom. The zero-order valence-corrected chi connectivity index (χ0v) is 21.3. The molecule has 7 atom stereocenters. The number of methoxy groups -OCH3 is 1. The minimum Gasteiger partial charge on any atom is -0.469 e. The number of hydrogen-bond donors (Lipinski definition) is 1. The third kappa shape index (κ3) is 3.91. The Kier molecular flexibility index (Phi) is 6.20. The average molecular weight is 459 g/mol. The molecule has 3 saturated carbocycles. The van der Waals surface area contributed by atoms with E-state index in [2.05, 4.69) is 25.2 Å². The molecule has 4 rings (SSSR count). The van der Waals surface area contributed by atoms with Crippen LogP contribution in [0.1, 0.15) is 79.1 Å². The molecule has 2 unspecified atom stereocenters. The number of amides is 2. The second-order valence-corrected chi connectivity index (χ2v) is 12.2. The summed E-state index contributed by atoms with van der Waals surface area (Å²) in [4.78, 5) is 39.0. The van der Waals surface area contributed by atoms with Crippen LogP contribution in [0.5, 0.6) is 0 Å². The van der Waals surface area contributed by atoms with Gasteiger partial charge in [0.05, 0.1) is 12.5 Å². The summed E-state index contributed by atoms with van der Waals surface area (Å²) in [5.74, 6) is 1.77. The lowest BCUT2D eigenvalue weighted by Gasteiger charge is -2.60. The zero-order valence-electron chi connectivity index (χ0n) is 21.3. The van der Waals surface area contributed by atoms with E-state index in [1.54, 1.807) is 6.08 Å². The van der Waals surface area contributed by atoms with Gasteiger partial charge in [0, 0.05) is 31.0 Å². The topological polar surface area (TPSA) is 75.7 Å². The monoisotopic (exact) mass is 458 g/mol. The van der Waals surface area contributed by atoms with Gasteiger partial charge in [0.1, 0.15) is 0 Å². The molecule has 0 bridgehead atoms. The van der Waals surface area contributed by atoms with Crippen molar-refractivity contribution in [1.29, 1.82) is 0 Å². The fourth-order valence-electron chi connectivity index (χ4n) is 8.05. The molecule has 1 N–H and O–H groups in total. The van der Waals surface area contributed by atoms with Crippen molar-refractivity contribution >= 4 is 17.8 Å². The van der Waals surface area contributed by atoms with Crippen LogP contribution in [0.15, 0.2) is 12.2 Å². The Balaban J connectivity index is 1.43. The molecule has 0 spiro atoms. The van der Waals surface area contributed by atoms with Crippen LogP contribution in [0.25, 0.3) is 0 Å². The molecule has 3 aliphatic carbocycles. The van der Waals surface area contributed by atoms with Crippen molar-refractivity contribution in [1.82, 2.24) is 10.2 Å². The van der Waals surface area contributed by atoms with Crippen LogP contribution < -0.4 is 5.32 Å². The second-order valence-electron chi connectivity index (χ2n) is 12.2. The van der Waals surface area contributed by atoms with Crippen LogP contribution in [0.4, 0.5) is 0 Å². The van der Waals surface area contributed by atoms with Gasteiger partial charge in [0.15, 0.2) is 0 Å². The molecule has 4 aliphatic rings. The summed E-state index contributed by atoms with van der Waals surface area (Å²) in [5, 5.41) is 3.36. The highest BCUT2D eigenvalue weighted by Crippen LogP contribution is 2.63. The minimum atomic E-state index is -0.650. The van der Waals surface area contributed by atoms with Gasteiger partial charge in [-0.15, -0.1) is 0 Å². The van der Waals surface area contributed by atoms with Crippen molar-refractivity contribution in [2.24, 2.45) is 34.0 Å². The van der Waals surface area contributed by atoms with Crippen molar-refractivity contribution in [3.05, 3.63) is 12.2 Å². The number of rotatable bonds is 5. The van der Waals surface area contributed by atoms with Gasteiger partial charge in [0.25, 0.3) is 0 Å². The number of carbonyl (C=O) groups is 3. The maximum atomic E-state index is 12.9. The minimum absolute atomic E-state index is 0.0481. The Morgan fingerprint density at radius 1 is 1.15 bits per heavy atom. The van der Waals surface area contributed by atoms with Gasteiger partial charge < -0.3 is 15.0 Å². The first-order valence-electron chi connectivity index (χ1n) is 12.8. The highest BCUT2D eigenvalue weighted by Gasteiger charge is 2.60. The van der Waals surface area contributed by atoms with Crippen molar-refractivity contribution in [2.45, 2.75) is 91.1 Å². The highest BCUT2D eigenvalue weighted by atomic mass is 16.5. The molecule has 0 radical (unpaired) electrons. The predicted octanol–water partition coefficient (Wildman–Crippen LogP) is 4.09. The molecular weight excluding hydrogens is 416 g/mol. The third-order valence-electron chi connectivity index (χ3n) is 10.2. The summed E-state index contributed by atoms with van der Waals surface area (Å²) >= 11 is 0. The lowest BCUT2D eigenvalue weighted by molar-refractivity contribution is -0.151. The molecule has 6 heteroatoms. The number of fused-ring (bicyclic) bond motifs is 5. The highest BCUT2D eigenvalue weighted by molar-refractivity contribution is 5.89. The van der Waals surface area contributed by atoms with Crippen molar-refractivity contribution in [3.63, 3.8) is 0 Å². The third-order valence-corrected chi connectivity index (χ3v) is 10.2. The number of esters is 1. The Labute approximate surface area is 198 Å². The van der Waals surface area contributed by atoms with Crippen LogP contribution >= 0.6 is 0 Å². The second kappa shape index (κ2) is 8.42. The quantitative estimate of drug-likeness (QED) is 0.630. The molecule has 0 saturated heterocycles. The van der Waals surface area contributed by atoms with Crippen molar-refractivity contribution in [3.8, 4) is 0 Å². The first-order chi connectivity index (χ1) is 15.4. The molecule has 2 amide bonds. The first-order valence-corrected chi connectivity index (χ1v) is 12.8. The number of hydrogen-bond acceptors (Lipinski definition) is 4. The van der Waals surface area contributed by atoms with Gasteiger partial charge in [-0.3, -0.25) is 14.4 Å². The molecule has 0 aromatic rings. The van der Waals surface area contributed by atoms with E-state index in [9.17, 15) is 14.4 Å². The van der Waals surface area contributed by atoms with Gasteiger partial charge in [-0.2, -0.15) is 0 Å². The lowest BCUT2D eigenvalue weighted by Crippen LogP contribution is -2.60. The van der Waals surface area contributed by atoms with Gasteiger partial charge in [-0.05, 0) is 88.0 Å². The van der Waals surface area contributed by atoms with Gasteiger partial charge in [0.2, 0.25) is 11.8 Å². The first kappa shape index (κ1) is 24.3. The molecule has 3 fully saturated rings. The van der Waals surface area contributed by atoms with E-state index in [-0.39, 0.29) is 34.7 Å². The summed E-state index contributed by atoms with van der Waals surface area (Å²) < 4.78 is 4.88. The number of ether oxygens (including phenoxy) is 1. The number of likely N-dealkylation sites (N-methyl/N-ethyl adjacent to an activating group) is 1. The van der Waals surface area contributed by atoms with Crippen molar-refractivity contribution < 1.29 is 19.1 Å². The predicted molar refractivity (Wildman–Crippen MR) is 127 cm³/mol. The average Bonchev–Trinajstić information content (AvgIpc) is 3.10. The Hall–Kier alpha value is -1.85. The SMILES string of the molecule is COC(=O)C(C)(C)CCC(=O)NC1CC[C@H]2[C@@H]3CCC4N(C)C(=O)C=C[C@]4(C)[C@@H]3CC[C@]12C. The number of nitrogens with zero attached hydrogens (tertiary/aromatic N) is 1. The van der Waals surface area contributed by atoms with Crippen LogP contribution in [0, 0.1) is 34.0 Å². The van der Waals surface area contributed by atoms with Crippen LogP contribution in [-0.2, 0) is 19.1 Å². The summed E-state index contributed by atoms with van der Waals surface area (Å²) in [6, 6.07) is 0.504. The van der Waals surface area contributed by atoms with E-state index in [1.807, 2.05) is 25.8 Å². The molecule has 0 aromatic carbocycles. The normalized spacial score (nSPS) is 40.0. The number of nitrogens with one attached hydrogen (secondary N) is 1. The van der Waals surface area contributed by atoms with E-state index in [0.717, 1.165) is 32.1 Å². The largest absolute Gasteiger partial charge is 0.469 e. The van der Waals surface area contributed by atoms with E-state index in [0.29, 0.717) is 36.6 Å². The van der Waals surface area contributed by atoms with Gasteiger partial charge >= 0.3 is 5.97 Å². The number of carbonyl (C=O) groups excluding carboxylic acids is 3. The maximum Gasteiger partial charge on any atom is 0.311 e. The van der Waals surface area contributed by atoms with E-state index >= 15 is 0 Å². The fourth-order valence-corrected chi connectivity index (χ4v) is 8.05. The van der Waals surface area contributed by atoms with Crippen LogP contribution in [0.2, 0.25) is 0 Å². The fraction of sp³-hybridized carbons (Fsp3) is 0.815. The molecular formula is C27H42N2O4. The summed E-state index contributed by atoms with van der Waals surface area (Å²) in [5.41, 5.74) is -0.478. The standard InChI is InChI=1S/C27H42N2O4/c1-25(2,24(32)33-6)14-12-22(30)28-20-9-8-18-17-7-10-21-27(4,16-13-23(31)29(21)5)19(17)11-15-26(18,20)3/h13,16-21H,7-12,14-15H2,1-6H3,(H,28,30)/t17-,18-,19+,20?,21?,26-,27+/m0/s1. The smallest absolute Gasteiger partial charge is 0.311 e. The lowest BCUT2D eigenvalue weighted by atomic mass is 9.48. The molecule has 6 nitrogen and oxygen atoms in total. The molecule has 0 aromatic heterocycles. The Bertz CT molecular complexity index is 851.